The molecule has 0 saturated carbocycles. The van der Waals surface area contributed by atoms with Crippen molar-refractivity contribution in [3.63, 3.8) is 0 Å². The maximum Gasteiger partial charge on any atom is 0.410 e. The highest BCUT2D eigenvalue weighted by atomic mass is 16.6. The zero-order valence-corrected chi connectivity index (χ0v) is 33.2. The van der Waals surface area contributed by atoms with E-state index in [0.717, 1.165) is 64.1 Å². The van der Waals surface area contributed by atoms with Gasteiger partial charge in [-0.05, 0) is 120 Å². The molecule has 3 fully saturated rings. The van der Waals surface area contributed by atoms with Crippen molar-refractivity contribution in [1.82, 2.24) is 19.6 Å². The van der Waals surface area contributed by atoms with E-state index in [2.05, 4.69) is 4.90 Å². The Morgan fingerprint density at radius 3 is 1.33 bits per heavy atom. The number of aliphatic hydroxyl groups is 2. The van der Waals surface area contributed by atoms with Crippen molar-refractivity contribution in [3.8, 4) is 0 Å². The molecule has 3 aliphatic rings. The number of ether oxygens (including phenoxy) is 3. The number of aldehydes is 1. The van der Waals surface area contributed by atoms with Crippen LogP contribution in [-0.4, -0.2) is 148 Å². The maximum absolute atomic E-state index is 12.8. The summed E-state index contributed by atoms with van der Waals surface area (Å²) in [6, 6.07) is -0.207. The van der Waals surface area contributed by atoms with Gasteiger partial charge in [0, 0.05) is 57.9 Å². The van der Waals surface area contributed by atoms with Crippen LogP contribution in [-0.2, 0) is 19.0 Å². The molecule has 3 atom stereocenters. The van der Waals surface area contributed by atoms with E-state index in [1.807, 2.05) is 72.1 Å². The number of carbonyl (C=O) groups is 4. The highest BCUT2D eigenvalue weighted by molar-refractivity contribution is 5.74. The number of hydrogen-bond acceptors (Lipinski definition) is 11. The second kappa shape index (κ2) is 22.4. The zero-order chi connectivity index (χ0) is 38.8. The molecular weight excluding hydrogens is 658 g/mol. The van der Waals surface area contributed by atoms with Crippen LogP contribution in [0.1, 0.15) is 120 Å². The van der Waals surface area contributed by atoms with Crippen LogP contribution in [0, 0.1) is 0 Å². The van der Waals surface area contributed by atoms with Crippen molar-refractivity contribution in [2.24, 2.45) is 5.73 Å². The van der Waals surface area contributed by atoms with Crippen LogP contribution in [0.15, 0.2) is 0 Å². The minimum atomic E-state index is -0.528. The molecule has 3 heterocycles. The van der Waals surface area contributed by atoms with E-state index < -0.39 is 16.8 Å². The Balaban J connectivity index is 0.000000565. The summed E-state index contributed by atoms with van der Waals surface area (Å²) in [4.78, 5) is 55.5. The highest BCUT2D eigenvalue weighted by Gasteiger charge is 2.35. The first kappa shape index (κ1) is 46.3. The number of nitrogens with zero attached hydrogens (tertiary/aromatic N) is 4. The summed E-state index contributed by atoms with van der Waals surface area (Å²) in [5.74, 6) is 0. The van der Waals surface area contributed by atoms with E-state index in [1.54, 1.807) is 0 Å². The van der Waals surface area contributed by atoms with Crippen molar-refractivity contribution in [2.45, 2.75) is 155 Å². The summed E-state index contributed by atoms with van der Waals surface area (Å²) in [5.41, 5.74) is 3.22. The van der Waals surface area contributed by atoms with Gasteiger partial charge in [-0.3, -0.25) is 9.80 Å². The molecule has 0 aliphatic carbocycles. The molecule has 14 nitrogen and oxygen atoms in total. The molecule has 0 aromatic heterocycles. The van der Waals surface area contributed by atoms with E-state index >= 15 is 0 Å². The first-order valence-electron chi connectivity index (χ1n) is 18.8. The fourth-order valence-corrected chi connectivity index (χ4v) is 6.14. The first-order chi connectivity index (χ1) is 23.7. The standard InChI is InChI=1S/C24H45N3O5.C11H19NO3.C2H7NO/c1-23(2,3)31-21(29)26-13-9-7-11-19(26)17-25(15-16-28)18-20-12-8-10-14-27(20)22(30)32-24(4,5)6;1-11(2,3)15-10(14)12-7-5-4-6-9(12)8-13;3-1-2-4/h19-20,28H,7-18H2,1-6H3;8-9H,4-7H2,1-3H3;4H,1-3H2. The summed E-state index contributed by atoms with van der Waals surface area (Å²) in [6.45, 7) is 21.1. The Labute approximate surface area is 307 Å². The van der Waals surface area contributed by atoms with Gasteiger partial charge in [-0.15, -0.1) is 0 Å². The predicted molar refractivity (Wildman–Crippen MR) is 197 cm³/mol. The molecule has 0 bridgehead atoms. The van der Waals surface area contributed by atoms with E-state index in [-0.39, 0.29) is 49.6 Å². The lowest BCUT2D eigenvalue weighted by Crippen LogP contribution is -2.55. The second-order valence-corrected chi connectivity index (χ2v) is 16.5. The highest BCUT2D eigenvalue weighted by Crippen LogP contribution is 2.25. The van der Waals surface area contributed by atoms with Gasteiger partial charge in [0.25, 0.3) is 0 Å². The van der Waals surface area contributed by atoms with E-state index in [9.17, 15) is 24.3 Å². The molecule has 4 N–H and O–H groups in total. The number of hydrogen-bond donors (Lipinski definition) is 3. The summed E-state index contributed by atoms with van der Waals surface area (Å²) < 4.78 is 16.5. The quantitative estimate of drug-likeness (QED) is 0.232. The monoisotopic (exact) mass is 730 g/mol. The minimum Gasteiger partial charge on any atom is -0.444 e. The summed E-state index contributed by atoms with van der Waals surface area (Å²) in [6.07, 6.45) is 8.57. The van der Waals surface area contributed by atoms with Crippen LogP contribution < -0.4 is 5.73 Å². The van der Waals surface area contributed by atoms with Crippen LogP contribution in [0.3, 0.4) is 0 Å². The lowest BCUT2D eigenvalue weighted by molar-refractivity contribution is -0.113. The van der Waals surface area contributed by atoms with Crippen LogP contribution in [0.4, 0.5) is 14.4 Å². The molecule has 3 rings (SSSR count). The Bertz CT molecular complexity index is 989. The summed E-state index contributed by atoms with van der Waals surface area (Å²) in [7, 11) is 0. The molecule has 3 saturated heterocycles. The minimum absolute atomic E-state index is 0.0400. The van der Waals surface area contributed by atoms with Gasteiger partial charge in [-0.1, -0.05) is 0 Å². The molecule has 3 aliphatic heterocycles. The molecule has 0 aromatic rings. The number of amides is 3. The van der Waals surface area contributed by atoms with Gasteiger partial charge in [0.15, 0.2) is 0 Å². The van der Waals surface area contributed by atoms with Crippen molar-refractivity contribution >= 4 is 24.6 Å². The van der Waals surface area contributed by atoms with Crippen LogP contribution in [0.25, 0.3) is 0 Å². The Kier molecular flexibility index (Phi) is 20.4. The van der Waals surface area contributed by atoms with Crippen LogP contribution in [0.5, 0.6) is 0 Å². The third kappa shape index (κ3) is 19.1. The van der Waals surface area contributed by atoms with Gasteiger partial charge in [0.1, 0.15) is 23.1 Å². The summed E-state index contributed by atoms with van der Waals surface area (Å²) >= 11 is 0. The Morgan fingerprint density at radius 2 is 1.00 bits per heavy atom. The number of rotatable bonds is 8. The number of piperidine rings is 3. The smallest absolute Gasteiger partial charge is 0.410 e. The molecular formula is C37H71N5O9. The Hall–Kier alpha value is -2.68. The maximum atomic E-state index is 12.8. The lowest BCUT2D eigenvalue weighted by atomic mass is 9.99. The molecule has 0 aromatic carbocycles. The van der Waals surface area contributed by atoms with Gasteiger partial charge < -0.3 is 44.8 Å². The number of nitrogens with two attached hydrogens (primary N) is 1. The van der Waals surface area contributed by atoms with Crippen molar-refractivity contribution in [2.75, 3.05) is 59.0 Å². The molecule has 0 radical (unpaired) electrons. The van der Waals surface area contributed by atoms with Crippen LogP contribution in [0.2, 0.25) is 0 Å². The van der Waals surface area contributed by atoms with Gasteiger partial charge >= 0.3 is 18.3 Å². The Morgan fingerprint density at radius 1 is 0.647 bits per heavy atom. The fraction of sp³-hybridized carbons (Fsp3) is 0.892. The van der Waals surface area contributed by atoms with Gasteiger partial charge in [0.2, 0.25) is 0 Å². The zero-order valence-electron chi connectivity index (χ0n) is 33.2. The fourth-order valence-electron chi connectivity index (χ4n) is 6.14. The molecule has 3 unspecified atom stereocenters. The van der Waals surface area contributed by atoms with E-state index in [4.69, 9.17) is 25.1 Å². The van der Waals surface area contributed by atoms with Crippen molar-refractivity contribution < 1.29 is 43.6 Å². The first-order valence-corrected chi connectivity index (χ1v) is 18.8. The average molecular weight is 730 g/mol. The SMILES string of the molecule is CC(C)(C)OC(=O)N1CCCCC1C=O.CC(C)(C)OC(=O)N1CCCCC1CN(CCO)CC1CCCCN1C(=O)OC(C)(C)C.NCCO. The number of carbonyl (C=O) groups excluding carboxylic acids is 4. The van der Waals surface area contributed by atoms with Gasteiger partial charge in [-0.25, -0.2) is 14.4 Å². The molecule has 3 amide bonds. The van der Waals surface area contributed by atoms with Crippen LogP contribution >= 0.6 is 0 Å². The molecule has 0 spiro atoms. The molecule has 51 heavy (non-hydrogen) atoms. The van der Waals surface area contributed by atoms with E-state index in [0.29, 0.717) is 45.8 Å². The van der Waals surface area contributed by atoms with E-state index in [1.165, 1.54) is 4.90 Å². The second-order valence-electron chi connectivity index (χ2n) is 16.5. The van der Waals surface area contributed by atoms with Crippen molar-refractivity contribution in [3.05, 3.63) is 0 Å². The third-order valence-electron chi connectivity index (χ3n) is 8.33. The van der Waals surface area contributed by atoms with Crippen molar-refractivity contribution in [1.29, 1.82) is 0 Å². The third-order valence-corrected chi connectivity index (χ3v) is 8.33. The molecule has 14 heteroatoms. The largest absolute Gasteiger partial charge is 0.444 e. The van der Waals surface area contributed by atoms with Gasteiger partial charge in [-0.2, -0.15) is 0 Å². The predicted octanol–water partition coefficient (Wildman–Crippen LogP) is 4.77. The number of aliphatic hydroxyl groups excluding tert-OH is 2. The summed E-state index contributed by atoms with van der Waals surface area (Å²) in [5, 5.41) is 17.4. The lowest BCUT2D eigenvalue weighted by Gasteiger charge is -2.42. The number of likely N-dealkylation sites (tertiary alicyclic amines) is 3. The van der Waals surface area contributed by atoms with Gasteiger partial charge in [0.05, 0.1) is 19.3 Å². The topological polar surface area (TPSA) is 175 Å². The average Bonchev–Trinajstić information content (AvgIpc) is 3.03. The normalized spacial score (nSPS) is 21.4. The molecule has 298 valence electrons.